The normalized spacial score (nSPS) is 10.7. The third-order valence-electron chi connectivity index (χ3n) is 3.01. The van der Waals surface area contributed by atoms with E-state index in [1.807, 2.05) is 42.8 Å². The minimum Gasteiger partial charge on any atom is -0.347 e. The molecule has 0 N–H and O–H groups in total. The van der Waals surface area contributed by atoms with Crippen molar-refractivity contribution in [3.05, 3.63) is 47.7 Å². The van der Waals surface area contributed by atoms with Gasteiger partial charge in [0.1, 0.15) is 0 Å². The Kier molecular flexibility index (Phi) is 2.43. The number of ketones is 1. The molecule has 0 atom stereocenters. The Hall–Kier alpha value is -1.83. The molecule has 16 heavy (non-hydrogen) atoms. The molecule has 0 aliphatic carbocycles. The molecule has 1 heterocycles. The first-order valence-corrected chi connectivity index (χ1v) is 5.28. The molecule has 0 fully saturated rings. The van der Waals surface area contributed by atoms with E-state index < -0.39 is 0 Å². The van der Waals surface area contributed by atoms with Crippen LogP contribution >= 0.6 is 0 Å². The quantitative estimate of drug-likeness (QED) is 0.554. The Morgan fingerprint density at radius 3 is 2.56 bits per heavy atom. The van der Waals surface area contributed by atoms with Crippen molar-refractivity contribution in [1.82, 2.24) is 4.57 Å². The Morgan fingerprint density at radius 2 is 1.94 bits per heavy atom. The van der Waals surface area contributed by atoms with Crippen molar-refractivity contribution in [3.8, 4) is 0 Å². The summed E-state index contributed by atoms with van der Waals surface area (Å²) in [6.07, 6.45) is 0. The van der Waals surface area contributed by atoms with Crippen LogP contribution in [-0.4, -0.2) is 10.4 Å². The van der Waals surface area contributed by atoms with Gasteiger partial charge in [-0.15, -0.1) is 0 Å². The Balaban J connectivity index is 2.84. The summed E-state index contributed by atoms with van der Waals surface area (Å²) in [6.45, 7) is 7.45. The maximum absolute atomic E-state index is 12.1. The van der Waals surface area contributed by atoms with Crippen LogP contribution in [0, 0.1) is 6.92 Å². The Bertz CT molecular complexity index is 590. The lowest BCUT2D eigenvalue weighted by Crippen LogP contribution is -2.02. The zero-order chi connectivity index (χ0) is 11.9. The van der Waals surface area contributed by atoms with Crippen LogP contribution in [0.25, 0.3) is 10.9 Å². The molecule has 0 radical (unpaired) electrons. The largest absolute Gasteiger partial charge is 0.347 e. The zero-order valence-electron chi connectivity index (χ0n) is 9.87. The molecule has 2 heteroatoms. The summed E-state index contributed by atoms with van der Waals surface area (Å²) in [6, 6.07) is 7.95. The summed E-state index contributed by atoms with van der Waals surface area (Å²) >= 11 is 0. The SMILES string of the molecule is C=C(C)C(=O)c1c(C)n(C)c2ccccc12. The Labute approximate surface area is 95.2 Å². The van der Waals surface area contributed by atoms with Crippen LogP contribution in [-0.2, 0) is 7.05 Å². The summed E-state index contributed by atoms with van der Waals surface area (Å²) in [5.41, 5.74) is 3.45. The van der Waals surface area contributed by atoms with E-state index in [4.69, 9.17) is 0 Å². The van der Waals surface area contributed by atoms with E-state index >= 15 is 0 Å². The predicted octanol–water partition coefficient (Wildman–Crippen LogP) is 3.25. The van der Waals surface area contributed by atoms with E-state index in [1.54, 1.807) is 6.92 Å². The van der Waals surface area contributed by atoms with E-state index in [2.05, 4.69) is 6.58 Å². The van der Waals surface area contributed by atoms with E-state index in [-0.39, 0.29) is 5.78 Å². The molecule has 0 spiro atoms. The van der Waals surface area contributed by atoms with E-state index in [0.29, 0.717) is 5.57 Å². The van der Waals surface area contributed by atoms with Crippen molar-refractivity contribution in [1.29, 1.82) is 0 Å². The first kappa shape index (κ1) is 10.7. The highest BCUT2D eigenvalue weighted by Gasteiger charge is 2.17. The van der Waals surface area contributed by atoms with Gasteiger partial charge in [0.2, 0.25) is 0 Å². The summed E-state index contributed by atoms with van der Waals surface area (Å²) < 4.78 is 2.05. The molecular weight excluding hydrogens is 198 g/mol. The van der Waals surface area contributed by atoms with Gasteiger partial charge in [-0.25, -0.2) is 0 Å². The van der Waals surface area contributed by atoms with Crippen LogP contribution in [0.1, 0.15) is 23.0 Å². The fourth-order valence-corrected chi connectivity index (χ4v) is 2.02. The number of fused-ring (bicyclic) bond motifs is 1. The predicted molar refractivity (Wildman–Crippen MR) is 66.8 cm³/mol. The highest BCUT2D eigenvalue weighted by Crippen LogP contribution is 2.26. The molecule has 0 saturated heterocycles. The minimum absolute atomic E-state index is 0.0364. The second kappa shape index (κ2) is 3.63. The third kappa shape index (κ3) is 1.38. The van der Waals surface area contributed by atoms with Gasteiger partial charge in [-0.1, -0.05) is 24.8 Å². The number of aryl methyl sites for hydroxylation is 1. The van der Waals surface area contributed by atoms with Crippen LogP contribution in [0.2, 0.25) is 0 Å². The van der Waals surface area contributed by atoms with Crippen LogP contribution in [0.15, 0.2) is 36.4 Å². The van der Waals surface area contributed by atoms with Gasteiger partial charge < -0.3 is 4.57 Å². The van der Waals surface area contributed by atoms with Gasteiger partial charge in [0.05, 0.1) is 5.56 Å². The fraction of sp³-hybridized carbons (Fsp3) is 0.214. The molecular formula is C14H15NO. The number of carbonyl (C=O) groups excluding carboxylic acids is 1. The van der Waals surface area contributed by atoms with Crippen molar-refractivity contribution in [3.63, 3.8) is 0 Å². The van der Waals surface area contributed by atoms with E-state index in [1.165, 1.54) is 0 Å². The fourth-order valence-electron chi connectivity index (χ4n) is 2.02. The van der Waals surface area contributed by atoms with Gasteiger partial charge in [-0.05, 0) is 25.5 Å². The summed E-state index contributed by atoms with van der Waals surface area (Å²) in [5, 5.41) is 1.01. The van der Waals surface area contributed by atoms with Gasteiger partial charge in [-0.3, -0.25) is 4.79 Å². The maximum atomic E-state index is 12.1. The molecule has 0 bridgehead atoms. The van der Waals surface area contributed by atoms with E-state index in [9.17, 15) is 4.79 Å². The van der Waals surface area contributed by atoms with Gasteiger partial charge in [0, 0.05) is 23.6 Å². The summed E-state index contributed by atoms with van der Waals surface area (Å²) in [7, 11) is 1.98. The van der Waals surface area contributed by atoms with Crippen LogP contribution in [0.3, 0.4) is 0 Å². The molecule has 1 aromatic heterocycles. The van der Waals surface area contributed by atoms with Gasteiger partial charge in [0.15, 0.2) is 5.78 Å². The lowest BCUT2D eigenvalue weighted by molar-refractivity contribution is 0.103. The van der Waals surface area contributed by atoms with Gasteiger partial charge >= 0.3 is 0 Å². The Morgan fingerprint density at radius 1 is 1.31 bits per heavy atom. The molecule has 82 valence electrons. The van der Waals surface area contributed by atoms with Crippen molar-refractivity contribution < 1.29 is 4.79 Å². The first-order chi connectivity index (χ1) is 7.54. The van der Waals surface area contributed by atoms with E-state index in [0.717, 1.165) is 22.2 Å². The first-order valence-electron chi connectivity index (χ1n) is 5.28. The number of para-hydroxylation sites is 1. The average molecular weight is 213 g/mol. The lowest BCUT2D eigenvalue weighted by Gasteiger charge is -2.00. The van der Waals surface area contributed by atoms with Crippen molar-refractivity contribution in [2.75, 3.05) is 0 Å². The molecule has 0 aliphatic rings. The molecule has 1 aromatic carbocycles. The number of aromatic nitrogens is 1. The molecule has 2 aromatic rings. The number of allylic oxidation sites excluding steroid dienone is 1. The summed E-state index contributed by atoms with van der Waals surface area (Å²) in [5.74, 6) is 0.0364. The number of rotatable bonds is 2. The smallest absolute Gasteiger partial charge is 0.190 e. The average Bonchev–Trinajstić information content (AvgIpc) is 2.52. The highest BCUT2D eigenvalue weighted by atomic mass is 16.1. The van der Waals surface area contributed by atoms with Crippen LogP contribution in [0.5, 0.6) is 0 Å². The summed E-state index contributed by atoms with van der Waals surface area (Å²) in [4.78, 5) is 12.1. The number of carbonyl (C=O) groups is 1. The molecule has 0 saturated carbocycles. The van der Waals surface area contributed by atoms with Crippen LogP contribution < -0.4 is 0 Å². The molecule has 2 rings (SSSR count). The van der Waals surface area contributed by atoms with Crippen LogP contribution in [0.4, 0.5) is 0 Å². The third-order valence-corrected chi connectivity index (χ3v) is 3.01. The van der Waals surface area contributed by atoms with Crippen molar-refractivity contribution in [2.24, 2.45) is 7.05 Å². The number of Topliss-reactive ketones (excluding diaryl/α,β-unsaturated/α-hetero) is 1. The number of hydrogen-bond acceptors (Lipinski definition) is 1. The van der Waals surface area contributed by atoms with Crippen molar-refractivity contribution in [2.45, 2.75) is 13.8 Å². The monoisotopic (exact) mass is 213 g/mol. The highest BCUT2D eigenvalue weighted by molar-refractivity contribution is 6.16. The van der Waals surface area contributed by atoms with Gasteiger partial charge in [-0.2, -0.15) is 0 Å². The second-order valence-corrected chi connectivity index (χ2v) is 4.15. The maximum Gasteiger partial charge on any atom is 0.190 e. The molecule has 0 unspecified atom stereocenters. The molecule has 0 amide bonds. The second-order valence-electron chi connectivity index (χ2n) is 4.15. The number of hydrogen-bond donors (Lipinski definition) is 0. The zero-order valence-corrected chi connectivity index (χ0v) is 9.87. The number of nitrogens with zero attached hydrogens (tertiary/aromatic N) is 1. The lowest BCUT2D eigenvalue weighted by atomic mass is 10.0. The minimum atomic E-state index is 0.0364. The van der Waals surface area contributed by atoms with Gasteiger partial charge in [0.25, 0.3) is 0 Å². The molecule has 2 nitrogen and oxygen atoms in total. The topological polar surface area (TPSA) is 22.0 Å². The van der Waals surface area contributed by atoms with Crippen molar-refractivity contribution >= 4 is 16.7 Å². The number of benzene rings is 1. The standard InChI is InChI=1S/C14H15NO/c1-9(2)14(16)13-10(3)15(4)12-8-6-5-7-11(12)13/h5-8H,1H2,2-4H3. The molecule has 0 aliphatic heterocycles.